The van der Waals surface area contributed by atoms with Crippen LogP contribution in [-0.2, 0) is 11.3 Å². The first kappa shape index (κ1) is 14.6. The topological polar surface area (TPSA) is 83.3 Å². The van der Waals surface area contributed by atoms with Crippen LogP contribution >= 0.6 is 0 Å². The van der Waals surface area contributed by atoms with Crippen molar-refractivity contribution in [3.8, 4) is 6.07 Å². The van der Waals surface area contributed by atoms with Crippen molar-refractivity contribution < 1.29 is 9.21 Å². The molecule has 2 N–H and O–H groups in total. The molecule has 0 aromatic carbocycles. The van der Waals surface area contributed by atoms with E-state index >= 15 is 0 Å². The first-order valence-corrected chi connectivity index (χ1v) is 7.10. The van der Waals surface area contributed by atoms with Crippen molar-refractivity contribution >= 4 is 5.91 Å². The van der Waals surface area contributed by atoms with Gasteiger partial charge in [-0.2, -0.15) is 5.26 Å². The SMILES string of the molecule is N#CCCN(Cc1ccco1)C(=O)C1(CN)CCCC1. The molecule has 1 aliphatic rings. The highest BCUT2D eigenvalue weighted by atomic mass is 16.3. The lowest BCUT2D eigenvalue weighted by atomic mass is 9.84. The predicted octanol–water partition coefficient (Wildman–Crippen LogP) is 2.04. The fourth-order valence-corrected chi connectivity index (χ4v) is 2.92. The maximum absolute atomic E-state index is 12.8. The van der Waals surface area contributed by atoms with Gasteiger partial charge >= 0.3 is 0 Å². The molecule has 1 aliphatic carbocycles. The Morgan fingerprint density at radius 3 is 2.80 bits per heavy atom. The number of carbonyl (C=O) groups is 1. The van der Waals surface area contributed by atoms with Crippen molar-refractivity contribution in [3.63, 3.8) is 0 Å². The minimum absolute atomic E-state index is 0.0733. The molecule has 5 heteroatoms. The number of furan rings is 1. The van der Waals surface area contributed by atoms with Crippen LogP contribution in [0.1, 0.15) is 37.9 Å². The van der Waals surface area contributed by atoms with Gasteiger partial charge in [0.1, 0.15) is 5.76 Å². The van der Waals surface area contributed by atoms with Crippen LogP contribution in [0.25, 0.3) is 0 Å². The third-order valence-electron chi connectivity index (χ3n) is 4.11. The molecule has 1 amide bonds. The summed E-state index contributed by atoms with van der Waals surface area (Å²) in [4.78, 5) is 14.5. The summed E-state index contributed by atoms with van der Waals surface area (Å²) < 4.78 is 5.32. The molecule has 5 nitrogen and oxygen atoms in total. The van der Waals surface area contributed by atoms with Crippen LogP contribution in [0, 0.1) is 16.7 Å². The maximum Gasteiger partial charge on any atom is 0.230 e. The summed E-state index contributed by atoms with van der Waals surface area (Å²) in [5, 5.41) is 8.77. The second kappa shape index (κ2) is 6.58. The molecular formula is C15H21N3O2. The predicted molar refractivity (Wildman–Crippen MR) is 74.3 cm³/mol. The smallest absolute Gasteiger partial charge is 0.230 e. The van der Waals surface area contributed by atoms with Gasteiger partial charge in [0.05, 0.1) is 30.7 Å². The van der Waals surface area contributed by atoms with Gasteiger partial charge in [0, 0.05) is 13.1 Å². The van der Waals surface area contributed by atoms with Gasteiger partial charge in [-0.25, -0.2) is 0 Å². The minimum Gasteiger partial charge on any atom is -0.467 e. The molecule has 0 spiro atoms. The lowest BCUT2D eigenvalue weighted by molar-refractivity contribution is -0.142. The number of nitrogens with two attached hydrogens (primary N) is 1. The van der Waals surface area contributed by atoms with Gasteiger partial charge in [-0.1, -0.05) is 12.8 Å². The standard InChI is InChI=1S/C15H21N3O2/c16-8-4-9-18(11-13-5-3-10-20-13)14(19)15(12-17)6-1-2-7-15/h3,5,10H,1-2,4,6-7,9,11-12,17H2. The van der Waals surface area contributed by atoms with E-state index in [1.807, 2.05) is 6.07 Å². The van der Waals surface area contributed by atoms with Crippen molar-refractivity contribution in [3.05, 3.63) is 24.2 Å². The Kier molecular flexibility index (Phi) is 4.80. The number of nitrogens with zero attached hydrogens (tertiary/aromatic N) is 2. The van der Waals surface area contributed by atoms with Crippen LogP contribution in [0.2, 0.25) is 0 Å². The van der Waals surface area contributed by atoms with E-state index in [1.165, 1.54) is 0 Å². The lowest BCUT2D eigenvalue weighted by Gasteiger charge is -2.32. The van der Waals surface area contributed by atoms with Gasteiger partial charge in [-0.15, -0.1) is 0 Å². The third kappa shape index (κ3) is 3.02. The second-order valence-corrected chi connectivity index (χ2v) is 5.41. The van der Waals surface area contributed by atoms with Crippen LogP contribution < -0.4 is 5.73 Å². The fourth-order valence-electron chi connectivity index (χ4n) is 2.92. The Hall–Kier alpha value is -1.80. The summed E-state index contributed by atoms with van der Waals surface area (Å²) >= 11 is 0. The first-order chi connectivity index (χ1) is 9.72. The maximum atomic E-state index is 12.8. The highest BCUT2D eigenvalue weighted by molar-refractivity contribution is 5.83. The van der Waals surface area contributed by atoms with Gasteiger partial charge < -0.3 is 15.1 Å². The Labute approximate surface area is 119 Å². The van der Waals surface area contributed by atoms with E-state index in [4.69, 9.17) is 15.4 Å². The molecule has 1 saturated carbocycles. The third-order valence-corrected chi connectivity index (χ3v) is 4.11. The monoisotopic (exact) mass is 275 g/mol. The number of hydrogen-bond donors (Lipinski definition) is 1. The number of hydrogen-bond acceptors (Lipinski definition) is 4. The Morgan fingerprint density at radius 2 is 2.25 bits per heavy atom. The summed E-state index contributed by atoms with van der Waals surface area (Å²) in [5.41, 5.74) is 5.45. The van der Waals surface area contributed by atoms with Gasteiger partial charge in [0.2, 0.25) is 5.91 Å². The largest absolute Gasteiger partial charge is 0.467 e. The molecule has 1 fully saturated rings. The summed E-state index contributed by atoms with van der Waals surface area (Å²) in [6.07, 6.45) is 5.72. The zero-order valence-electron chi connectivity index (χ0n) is 11.7. The molecule has 2 rings (SSSR count). The average Bonchev–Trinajstić information content (AvgIpc) is 3.14. The van der Waals surface area contributed by atoms with Crippen molar-refractivity contribution in [2.24, 2.45) is 11.1 Å². The van der Waals surface area contributed by atoms with E-state index in [0.717, 1.165) is 31.4 Å². The van der Waals surface area contributed by atoms with Gasteiger partial charge in [0.25, 0.3) is 0 Å². The minimum atomic E-state index is -0.429. The molecule has 1 heterocycles. The van der Waals surface area contributed by atoms with E-state index in [1.54, 1.807) is 17.2 Å². The van der Waals surface area contributed by atoms with Crippen molar-refractivity contribution in [1.82, 2.24) is 4.90 Å². The molecule has 1 aromatic heterocycles. The van der Waals surface area contributed by atoms with E-state index < -0.39 is 5.41 Å². The van der Waals surface area contributed by atoms with Crippen LogP contribution in [0.3, 0.4) is 0 Å². The highest BCUT2D eigenvalue weighted by Crippen LogP contribution is 2.39. The Balaban J connectivity index is 2.12. The molecule has 0 radical (unpaired) electrons. The average molecular weight is 275 g/mol. The Morgan fingerprint density at radius 1 is 1.50 bits per heavy atom. The second-order valence-electron chi connectivity index (χ2n) is 5.41. The Bertz CT molecular complexity index is 470. The highest BCUT2D eigenvalue weighted by Gasteiger charge is 2.42. The van der Waals surface area contributed by atoms with Gasteiger partial charge in [-0.3, -0.25) is 4.79 Å². The van der Waals surface area contributed by atoms with Crippen molar-refractivity contribution in [2.75, 3.05) is 13.1 Å². The molecule has 0 atom stereocenters. The zero-order chi connectivity index (χ0) is 14.4. The molecule has 1 aromatic rings. The van der Waals surface area contributed by atoms with Crippen LogP contribution in [-0.4, -0.2) is 23.9 Å². The summed E-state index contributed by atoms with van der Waals surface area (Å²) in [7, 11) is 0. The number of rotatable bonds is 6. The van der Waals surface area contributed by atoms with Crippen LogP contribution in [0.15, 0.2) is 22.8 Å². The molecule has 20 heavy (non-hydrogen) atoms. The van der Waals surface area contributed by atoms with E-state index in [-0.39, 0.29) is 5.91 Å². The molecule has 0 aliphatic heterocycles. The van der Waals surface area contributed by atoms with Crippen molar-refractivity contribution in [2.45, 2.75) is 38.6 Å². The van der Waals surface area contributed by atoms with Crippen LogP contribution in [0.5, 0.6) is 0 Å². The van der Waals surface area contributed by atoms with Gasteiger partial charge in [0.15, 0.2) is 0 Å². The molecular weight excluding hydrogens is 254 g/mol. The quantitative estimate of drug-likeness (QED) is 0.861. The number of amides is 1. The first-order valence-electron chi connectivity index (χ1n) is 7.10. The molecule has 0 bridgehead atoms. The van der Waals surface area contributed by atoms with E-state index in [0.29, 0.717) is 26.1 Å². The zero-order valence-corrected chi connectivity index (χ0v) is 11.7. The summed E-state index contributed by atoms with van der Waals surface area (Å²) in [5.74, 6) is 0.811. The van der Waals surface area contributed by atoms with E-state index in [2.05, 4.69) is 6.07 Å². The summed E-state index contributed by atoms with van der Waals surface area (Å²) in [6, 6.07) is 5.74. The van der Waals surface area contributed by atoms with Gasteiger partial charge in [-0.05, 0) is 25.0 Å². The number of nitriles is 1. The molecule has 0 saturated heterocycles. The fraction of sp³-hybridized carbons (Fsp3) is 0.600. The van der Waals surface area contributed by atoms with Crippen molar-refractivity contribution in [1.29, 1.82) is 5.26 Å². The van der Waals surface area contributed by atoms with E-state index in [9.17, 15) is 4.79 Å². The summed E-state index contributed by atoms with van der Waals surface area (Å²) in [6.45, 7) is 1.22. The normalized spacial score (nSPS) is 16.8. The number of carbonyl (C=O) groups excluding carboxylic acids is 1. The molecule has 108 valence electrons. The molecule has 0 unspecified atom stereocenters. The van der Waals surface area contributed by atoms with Crippen LogP contribution in [0.4, 0.5) is 0 Å². The lowest BCUT2D eigenvalue weighted by Crippen LogP contribution is -2.46.